The number of primary amides is 1. The summed E-state index contributed by atoms with van der Waals surface area (Å²) in [4.78, 5) is 26.3. The molecule has 1 fully saturated rings. The van der Waals surface area contributed by atoms with Gasteiger partial charge in [0.25, 0.3) is 5.91 Å². The standard InChI is InChI=1S/C25H32F3N3O3/c1-3-4-5-11-20-23(18-9-6-10-19(16-18)34-25(26,27)28)22(24(29)33)17(2)31(20)15-8-14-30-13-7-12-21(30)32/h6,9-10,16H,3-5,7-8,11-15H2,1-2H3,(H2,29,33). The lowest BCUT2D eigenvalue weighted by Crippen LogP contribution is -2.26. The van der Waals surface area contributed by atoms with Crippen LogP contribution in [0.2, 0.25) is 0 Å². The molecule has 0 bridgehead atoms. The quantitative estimate of drug-likeness (QED) is 0.450. The number of likely N-dealkylation sites (tertiary alicyclic amines) is 1. The first kappa shape index (κ1) is 25.6. The first-order valence-corrected chi connectivity index (χ1v) is 11.8. The number of nitrogens with zero attached hydrogens (tertiary/aromatic N) is 2. The van der Waals surface area contributed by atoms with Crippen LogP contribution in [0.3, 0.4) is 0 Å². The molecule has 2 heterocycles. The highest BCUT2D eigenvalue weighted by Gasteiger charge is 2.32. The van der Waals surface area contributed by atoms with Gasteiger partial charge in [0.2, 0.25) is 5.91 Å². The van der Waals surface area contributed by atoms with Gasteiger partial charge in [0.1, 0.15) is 5.75 Å². The van der Waals surface area contributed by atoms with E-state index in [0.717, 1.165) is 37.9 Å². The van der Waals surface area contributed by atoms with Gasteiger partial charge in [-0.15, -0.1) is 13.2 Å². The minimum Gasteiger partial charge on any atom is -0.406 e. The van der Waals surface area contributed by atoms with E-state index in [0.29, 0.717) is 54.7 Å². The van der Waals surface area contributed by atoms with Gasteiger partial charge in [0, 0.05) is 43.0 Å². The molecule has 34 heavy (non-hydrogen) atoms. The largest absolute Gasteiger partial charge is 0.573 e. The second kappa shape index (κ2) is 11.0. The Morgan fingerprint density at radius 3 is 2.56 bits per heavy atom. The summed E-state index contributed by atoms with van der Waals surface area (Å²) in [6, 6.07) is 5.67. The minimum atomic E-state index is -4.82. The van der Waals surface area contributed by atoms with Gasteiger partial charge in [0.05, 0.1) is 5.56 Å². The Kier molecular flexibility index (Phi) is 8.28. The van der Waals surface area contributed by atoms with Crippen molar-refractivity contribution in [3.63, 3.8) is 0 Å². The summed E-state index contributed by atoms with van der Waals surface area (Å²) in [5.74, 6) is -0.815. The molecule has 0 spiro atoms. The van der Waals surface area contributed by atoms with Gasteiger partial charge in [0.15, 0.2) is 0 Å². The average Bonchev–Trinajstić information content (AvgIpc) is 3.28. The van der Waals surface area contributed by atoms with Crippen molar-refractivity contribution >= 4 is 11.8 Å². The number of ether oxygens (including phenoxy) is 1. The molecule has 2 N–H and O–H groups in total. The molecule has 1 aromatic carbocycles. The van der Waals surface area contributed by atoms with Crippen LogP contribution < -0.4 is 10.5 Å². The Bertz CT molecular complexity index is 1030. The lowest BCUT2D eigenvalue weighted by molar-refractivity contribution is -0.274. The Labute approximate surface area is 197 Å². The summed E-state index contributed by atoms with van der Waals surface area (Å²) < 4.78 is 44.6. The molecule has 1 aliphatic rings. The number of rotatable bonds is 11. The van der Waals surface area contributed by atoms with E-state index in [2.05, 4.69) is 11.7 Å². The number of aromatic nitrogens is 1. The van der Waals surface area contributed by atoms with E-state index in [1.165, 1.54) is 18.2 Å². The highest BCUT2D eigenvalue weighted by Crippen LogP contribution is 2.36. The topological polar surface area (TPSA) is 77.6 Å². The van der Waals surface area contributed by atoms with Crippen molar-refractivity contribution in [2.24, 2.45) is 5.73 Å². The lowest BCUT2D eigenvalue weighted by Gasteiger charge is -2.18. The maximum Gasteiger partial charge on any atom is 0.573 e. The third-order valence-corrected chi connectivity index (χ3v) is 6.23. The molecule has 1 aromatic heterocycles. The SMILES string of the molecule is CCCCCc1c(-c2cccc(OC(F)(F)F)c2)c(C(N)=O)c(C)n1CCCN1CCCC1=O. The Balaban J connectivity index is 2.01. The third-order valence-electron chi connectivity index (χ3n) is 6.23. The molecule has 1 aliphatic heterocycles. The van der Waals surface area contributed by atoms with Crippen LogP contribution in [-0.2, 0) is 17.8 Å². The zero-order valence-electron chi connectivity index (χ0n) is 19.7. The fourth-order valence-electron chi connectivity index (χ4n) is 4.72. The van der Waals surface area contributed by atoms with Crippen LogP contribution in [0.1, 0.15) is 67.2 Å². The number of unbranched alkanes of at least 4 members (excludes halogenated alkanes) is 2. The molecule has 0 aliphatic carbocycles. The van der Waals surface area contributed by atoms with Crippen LogP contribution in [0, 0.1) is 6.92 Å². The normalized spacial score (nSPS) is 14.1. The summed E-state index contributed by atoms with van der Waals surface area (Å²) >= 11 is 0. The molecule has 0 unspecified atom stereocenters. The van der Waals surface area contributed by atoms with Gasteiger partial charge in [-0.25, -0.2) is 0 Å². The summed E-state index contributed by atoms with van der Waals surface area (Å²) in [5, 5.41) is 0. The van der Waals surface area contributed by atoms with Crippen LogP contribution in [0.5, 0.6) is 5.75 Å². The van der Waals surface area contributed by atoms with E-state index in [4.69, 9.17) is 5.73 Å². The number of amides is 2. The lowest BCUT2D eigenvalue weighted by atomic mass is 9.97. The molecular formula is C25H32F3N3O3. The number of nitrogens with two attached hydrogens (primary N) is 1. The van der Waals surface area contributed by atoms with Crippen molar-refractivity contribution in [2.45, 2.75) is 71.7 Å². The van der Waals surface area contributed by atoms with Gasteiger partial charge < -0.3 is 19.9 Å². The molecular weight excluding hydrogens is 447 g/mol. The molecule has 9 heteroatoms. The zero-order chi connectivity index (χ0) is 24.9. The van der Waals surface area contributed by atoms with E-state index in [-0.39, 0.29) is 11.7 Å². The molecule has 1 saturated heterocycles. The van der Waals surface area contributed by atoms with E-state index >= 15 is 0 Å². The number of alkyl halides is 3. The van der Waals surface area contributed by atoms with E-state index in [9.17, 15) is 22.8 Å². The number of carbonyl (C=O) groups is 2. The molecule has 3 rings (SSSR count). The second-order valence-electron chi connectivity index (χ2n) is 8.67. The van der Waals surface area contributed by atoms with Gasteiger partial charge in [-0.1, -0.05) is 31.9 Å². The molecule has 2 amide bonds. The Hall–Kier alpha value is -2.97. The van der Waals surface area contributed by atoms with E-state index < -0.39 is 12.3 Å². The second-order valence-corrected chi connectivity index (χ2v) is 8.67. The maximum atomic E-state index is 12.8. The molecule has 0 saturated carbocycles. The predicted molar refractivity (Wildman–Crippen MR) is 123 cm³/mol. The van der Waals surface area contributed by atoms with Gasteiger partial charge in [-0.2, -0.15) is 0 Å². The van der Waals surface area contributed by atoms with Crippen LogP contribution in [-0.4, -0.2) is 40.7 Å². The van der Waals surface area contributed by atoms with Crippen LogP contribution in [0.25, 0.3) is 11.1 Å². The smallest absolute Gasteiger partial charge is 0.406 e. The number of hydrogen-bond donors (Lipinski definition) is 1. The first-order valence-electron chi connectivity index (χ1n) is 11.8. The summed E-state index contributed by atoms with van der Waals surface area (Å²) in [6.45, 7) is 5.86. The molecule has 0 atom stereocenters. The molecule has 0 radical (unpaired) electrons. The van der Waals surface area contributed by atoms with Crippen LogP contribution in [0.15, 0.2) is 24.3 Å². The highest BCUT2D eigenvalue weighted by molar-refractivity contribution is 6.02. The number of carbonyl (C=O) groups excluding carboxylic acids is 2. The summed E-state index contributed by atoms with van der Waals surface area (Å²) in [5.41, 5.74) is 8.65. The van der Waals surface area contributed by atoms with Gasteiger partial charge in [-0.05, 0) is 50.3 Å². The van der Waals surface area contributed by atoms with Crippen molar-refractivity contribution in [1.29, 1.82) is 0 Å². The summed E-state index contributed by atoms with van der Waals surface area (Å²) in [7, 11) is 0. The van der Waals surface area contributed by atoms with Crippen molar-refractivity contribution in [1.82, 2.24) is 9.47 Å². The average molecular weight is 480 g/mol. The van der Waals surface area contributed by atoms with Crippen molar-refractivity contribution in [3.05, 3.63) is 41.2 Å². The number of hydrogen-bond acceptors (Lipinski definition) is 3. The number of halogens is 3. The Morgan fingerprint density at radius 1 is 1.18 bits per heavy atom. The zero-order valence-corrected chi connectivity index (χ0v) is 19.7. The minimum absolute atomic E-state index is 0.160. The maximum absolute atomic E-state index is 12.8. The molecule has 2 aromatic rings. The number of benzene rings is 1. The van der Waals surface area contributed by atoms with Crippen LogP contribution >= 0.6 is 0 Å². The first-order chi connectivity index (χ1) is 16.1. The van der Waals surface area contributed by atoms with Crippen LogP contribution in [0.4, 0.5) is 13.2 Å². The highest BCUT2D eigenvalue weighted by atomic mass is 19.4. The Morgan fingerprint density at radius 2 is 1.94 bits per heavy atom. The van der Waals surface area contributed by atoms with E-state index in [1.807, 2.05) is 16.4 Å². The molecule has 186 valence electrons. The summed E-state index contributed by atoms with van der Waals surface area (Å²) in [6.07, 6.45) is 0.853. The van der Waals surface area contributed by atoms with E-state index in [1.54, 1.807) is 6.07 Å². The predicted octanol–water partition coefficient (Wildman–Crippen LogP) is 5.21. The third kappa shape index (κ3) is 6.12. The van der Waals surface area contributed by atoms with Crippen molar-refractivity contribution < 1.29 is 27.5 Å². The molecule has 6 nitrogen and oxygen atoms in total. The van der Waals surface area contributed by atoms with Crippen molar-refractivity contribution in [3.8, 4) is 16.9 Å². The fourth-order valence-corrected chi connectivity index (χ4v) is 4.72. The van der Waals surface area contributed by atoms with Gasteiger partial charge in [-0.3, -0.25) is 9.59 Å². The fraction of sp³-hybridized carbons (Fsp3) is 0.520. The van der Waals surface area contributed by atoms with Gasteiger partial charge >= 0.3 is 6.36 Å². The van der Waals surface area contributed by atoms with Crippen molar-refractivity contribution in [2.75, 3.05) is 13.1 Å². The monoisotopic (exact) mass is 479 g/mol.